The van der Waals surface area contributed by atoms with Gasteiger partial charge in [-0.3, -0.25) is 4.98 Å². The van der Waals surface area contributed by atoms with Crippen molar-refractivity contribution in [1.82, 2.24) is 4.98 Å². The van der Waals surface area contributed by atoms with E-state index in [0.717, 1.165) is 41.6 Å². The fourth-order valence-corrected chi connectivity index (χ4v) is 3.59. The number of halogens is 1. The number of benzene rings is 2. The molecule has 0 saturated heterocycles. The van der Waals surface area contributed by atoms with Crippen molar-refractivity contribution in [3.63, 3.8) is 0 Å². The molecule has 0 amide bonds. The molecule has 0 atom stereocenters. The van der Waals surface area contributed by atoms with Crippen molar-refractivity contribution >= 4 is 11.9 Å². The molecular weight excluding hydrogens is 421 g/mol. The van der Waals surface area contributed by atoms with Gasteiger partial charge in [-0.25, -0.2) is 14.0 Å². The molecular formula is C27H28FNO4. The second kappa shape index (κ2) is 10.9. The van der Waals surface area contributed by atoms with Crippen molar-refractivity contribution in [3.05, 3.63) is 88.0 Å². The second-order valence-corrected chi connectivity index (χ2v) is 7.97. The summed E-state index contributed by atoms with van der Waals surface area (Å²) in [4.78, 5) is 29.3. The first kappa shape index (κ1) is 24.1. The minimum atomic E-state index is -0.761. The molecule has 0 bridgehead atoms. The predicted octanol–water partition coefficient (Wildman–Crippen LogP) is 5.99. The van der Waals surface area contributed by atoms with E-state index >= 15 is 0 Å². The van der Waals surface area contributed by atoms with Crippen molar-refractivity contribution in [1.29, 1.82) is 0 Å². The number of aromatic nitrogens is 1. The summed E-state index contributed by atoms with van der Waals surface area (Å²) in [5, 5.41) is 0. The van der Waals surface area contributed by atoms with Gasteiger partial charge in [0.15, 0.2) is 0 Å². The average Bonchev–Trinajstić information content (AvgIpc) is 2.81. The normalized spacial score (nSPS) is 10.7. The SMILES string of the molecule is CCCCc1cc(-c2ccc(C)cc2)c(C(=O)OCc2ccc(C(=O)OC)c(F)c2)c(C)n1. The molecule has 0 saturated carbocycles. The zero-order chi connectivity index (χ0) is 24.0. The second-order valence-electron chi connectivity index (χ2n) is 7.97. The van der Waals surface area contributed by atoms with E-state index < -0.39 is 17.8 Å². The maximum absolute atomic E-state index is 14.2. The zero-order valence-corrected chi connectivity index (χ0v) is 19.4. The lowest BCUT2D eigenvalue weighted by molar-refractivity contribution is 0.0470. The van der Waals surface area contributed by atoms with Gasteiger partial charge in [0.1, 0.15) is 12.4 Å². The first-order valence-electron chi connectivity index (χ1n) is 11.0. The fourth-order valence-electron chi connectivity index (χ4n) is 3.59. The van der Waals surface area contributed by atoms with Crippen LogP contribution in [0.15, 0.2) is 48.5 Å². The third-order valence-corrected chi connectivity index (χ3v) is 5.42. The lowest BCUT2D eigenvalue weighted by Crippen LogP contribution is -2.12. The molecule has 0 N–H and O–H groups in total. The molecule has 0 aliphatic rings. The van der Waals surface area contributed by atoms with Gasteiger partial charge in [0.05, 0.1) is 23.9 Å². The summed E-state index contributed by atoms with van der Waals surface area (Å²) in [6.07, 6.45) is 2.89. The number of pyridine rings is 1. The number of rotatable bonds is 8. The predicted molar refractivity (Wildman–Crippen MR) is 125 cm³/mol. The van der Waals surface area contributed by atoms with E-state index in [0.29, 0.717) is 16.8 Å². The fraction of sp³-hybridized carbons (Fsp3) is 0.296. The molecule has 0 unspecified atom stereocenters. The Bertz CT molecular complexity index is 1160. The highest BCUT2D eigenvalue weighted by atomic mass is 19.1. The Labute approximate surface area is 193 Å². The maximum atomic E-state index is 14.2. The third-order valence-electron chi connectivity index (χ3n) is 5.42. The van der Waals surface area contributed by atoms with Crippen LogP contribution >= 0.6 is 0 Å². The maximum Gasteiger partial charge on any atom is 0.340 e. The van der Waals surface area contributed by atoms with E-state index in [1.807, 2.05) is 37.3 Å². The van der Waals surface area contributed by atoms with Crippen LogP contribution in [0.1, 0.15) is 63.0 Å². The number of hydrogen-bond donors (Lipinski definition) is 0. The minimum absolute atomic E-state index is 0.137. The van der Waals surface area contributed by atoms with Crippen LogP contribution in [0.2, 0.25) is 0 Å². The quantitative estimate of drug-likeness (QED) is 0.395. The van der Waals surface area contributed by atoms with Gasteiger partial charge in [0.2, 0.25) is 0 Å². The van der Waals surface area contributed by atoms with Crippen molar-refractivity contribution in [3.8, 4) is 11.1 Å². The molecule has 6 heteroatoms. The Balaban J connectivity index is 1.89. The van der Waals surface area contributed by atoms with Crippen molar-refractivity contribution in [2.45, 2.75) is 46.6 Å². The summed E-state index contributed by atoms with van der Waals surface area (Å²) < 4.78 is 24.3. The number of unbranched alkanes of at least 4 members (excludes halogenated alkanes) is 1. The molecule has 33 heavy (non-hydrogen) atoms. The molecule has 0 fully saturated rings. The monoisotopic (exact) mass is 449 g/mol. The van der Waals surface area contributed by atoms with Gasteiger partial charge in [0.25, 0.3) is 0 Å². The first-order chi connectivity index (χ1) is 15.8. The van der Waals surface area contributed by atoms with E-state index in [9.17, 15) is 14.0 Å². The number of nitrogens with zero attached hydrogens (tertiary/aromatic N) is 1. The summed E-state index contributed by atoms with van der Waals surface area (Å²) >= 11 is 0. The van der Waals surface area contributed by atoms with Gasteiger partial charge in [-0.05, 0) is 61.6 Å². The Morgan fingerprint density at radius 2 is 1.73 bits per heavy atom. The Morgan fingerprint density at radius 3 is 2.36 bits per heavy atom. The van der Waals surface area contributed by atoms with E-state index in [4.69, 9.17) is 4.74 Å². The van der Waals surface area contributed by atoms with E-state index in [2.05, 4.69) is 16.6 Å². The molecule has 3 rings (SSSR count). The number of carbonyl (C=O) groups is 2. The highest BCUT2D eigenvalue weighted by Gasteiger charge is 2.20. The zero-order valence-electron chi connectivity index (χ0n) is 19.4. The Kier molecular flexibility index (Phi) is 7.93. The van der Waals surface area contributed by atoms with Crippen LogP contribution in [0.3, 0.4) is 0 Å². The summed E-state index contributed by atoms with van der Waals surface area (Å²) in [5.74, 6) is -2.02. The van der Waals surface area contributed by atoms with E-state index in [1.165, 1.54) is 25.3 Å². The molecule has 0 aliphatic carbocycles. The van der Waals surface area contributed by atoms with Crippen molar-refractivity contribution in [2.75, 3.05) is 7.11 Å². The van der Waals surface area contributed by atoms with Crippen LogP contribution in [0, 0.1) is 19.7 Å². The largest absolute Gasteiger partial charge is 0.465 e. The van der Waals surface area contributed by atoms with E-state index in [-0.39, 0.29) is 12.2 Å². The number of hydrogen-bond acceptors (Lipinski definition) is 5. The van der Waals surface area contributed by atoms with Crippen molar-refractivity contribution in [2.24, 2.45) is 0 Å². The number of ether oxygens (including phenoxy) is 2. The topological polar surface area (TPSA) is 65.5 Å². The van der Waals surface area contributed by atoms with Gasteiger partial charge in [-0.1, -0.05) is 49.2 Å². The lowest BCUT2D eigenvalue weighted by Gasteiger charge is -2.15. The molecule has 0 aliphatic heterocycles. The standard InChI is InChI=1S/C27H28FNO4/c1-5-6-7-21-15-23(20-11-8-17(2)9-12-20)25(18(3)29-21)27(31)33-16-19-10-13-22(24(28)14-19)26(30)32-4/h8-15H,5-7,16H2,1-4H3. The van der Waals surface area contributed by atoms with Crippen LogP contribution in [-0.2, 0) is 22.5 Å². The lowest BCUT2D eigenvalue weighted by atomic mass is 9.96. The smallest absolute Gasteiger partial charge is 0.340 e. The van der Waals surface area contributed by atoms with Crippen LogP contribution in [-0.4, -0.2) is 24.0 Å². The van der Waals surface area contributed by atoms with Gasteiger partial charge in [0, 0.05) is 5.69 Å². The van der Waals surface area contributed by atoms with Crippen LogP contribution in [0.5, 0.6) is 0 Å². The first-order valence-corrected chi connectivity index (χ1v) is 11.0. The van der Waals surface area contributed by atoms with Gasteiger partial charge >= 0.3 is 11.9 Å². The van der Waals surface area contributed by atoms with Crippen LogP contribution in [0.25, 0.3) is 11.1 Å². The molecule has 2 aromatic carbocycles. The highest BCUT2D eigenvalue weighted by Crippen LogP contribution is 2.28. The Morgan fingerprint density at radius 1 is 1.00 bits per heavy atom. The molecule has 0 radical (unpaired) electrons. The molecule has 1 aromatic heterocycles. The molecule has 5 nitrogen and oxygen atoms in total. The summed E-state index contributed by atoms with van der Waals surface area (Å²) in [6.45, 7) is 5.80. The average molecular weight is 450 g/mol. The number of aryl methyl sites for hydroxylation is 3. The summed E-state index contributed by atoms with van der Waals surface area (Å²) in [7, 11) is 1.19. The molecule has 3 aromatic rings. The summed E-state index contributed by atoms with van der Waals surface area (Å²) in [6, 6.07) is 13.9. The van der Waals surface area contributed by atoms with Gasteiger partial charge < -0.3 is 9.47 Å². The van der Waals surface area contributed by atoms with Crippen LogP contribution in [0.4, 0.5) is 4.39 Å². The highest BCUT2D eigenvalue weighted by molar-refractivity contribution is 5.98. The molecule has 1 heterocycles. The Hall–Kier alpha value is -3.54. The van der Waals surface area contributed by atoms with Gasteiger partial charge in [-0.2, -0.15) is 0 Å². The number of carbonyl (C=O) groups excluding carboxylic acids is 2. The van der Waals surface area contributed by atoms with Gasteiger partial charge in [-0.15, -0.1) is 0 Å². The third kappa shape index (κ3) is 5.83. The number of esters is 2. The minimum Gasteiger partial charge on any atom is -0.465 e. The molecule has 0 spiro atoms. The van der Waals surface area contributed by atoms with Crippen LogP contribution < -0.4 is 0 Å². The van der Waals surface area contributed by atoms with Crippen molar-refractivity contribution < 1.29 is 23.5 Å². The summed E-state index contributed by atoms with van der Waals surface area (Å²) in [5.41, 5.74) is 4.98. The molecule has 172 valence electrons. The number of methoxy groups -OCH3 is 1. The van der Waals surface area contributed by atoms with E-state index in [1.54, 1.807) is 6.92 Å².